The molecule has 5 heteroatoms. The summed E-state index contributed by atoms with van der Waals surface area (Å²) in [6.07, 6.45) is 0. The molecule has 5 heterocycles. The lowest BCUT2D eigenvalue weighted by Gasteiger charge is -2.42. The number of nitrogens with zero attached hydrogens (tertiary/aromatic N) is 2. The zero-order valence-corrected chi connectivity index (χ0v) is 35.0. The summed E-state index contributed by atoms with van der Waals surface area (Å²) < 4.78 is 11.8. The summed E-state index contributed by atoms with van der Waals surface area (Å²) in [5.41, 5.74) is 20.1. The van der Waals surface area contributed by atoms with Crippen molar-refractivity contribution in [1.82, 2.24) is 4.57 Å². The summed E-state index contributed by atoms with van der Waals surface area (Å²) in [6, 6.07) is 55.5. The minimum Gasteiger partial charge on any atom is -0.456 e. The monoisotopic (exact) mass is 786 g/mol. The lowest BCUT2D eigenvalue weighted by molar-refractivity contribution is 0.590. The van der Waals surface area contributed by atoms with Gasteiger partial charge in [-0.2, -0.15) is 0 Å². The van der Waals surface area contributed by atoms with Crippen molar-refractivity contribution in [2.24, 2.45) is 0 Å². The third-order valence-corrected chi connectivity index (χ3v) is 15.5. The van der Waals surface area contributed by atoms with E-state index in [1.807, 2.05) is 11.3 Å². The highest BCUT2D eigenvalue weighted by molar-refractivity contribution is 7.26. The van der Waals surface area contributed by atoms with Gasteiger partial charge < -0.3 is 13.8 Å². The van der Waals surface area contributed by atoms with Crippen LogP contribution < -0.4 is 15.7 Å². The van der Waals surface area contributed by atoms with E-state index < -0.39 is 0 Å². The van der Waals surface area contributed by atoms with Gasteiger partial charge in [-0.3, -0.25) is 0 Å². The van der Waals surface area contributed by atoms with Gasteiger partial charge in [-0.25, -0.2) is 0 Å². The van der Waals surface area contributed by atoms with Gasteiger partial charge in [0.1, 0.15) is 11.2 Å². The molecular weight excluding hydrogens is 747 g/mol. The van der Waals surface area contributed by atoms with E-state index >= 15 is 0 Å². The lowest BCUT2D eigenvalue weighted by atomic mass is 9.44. The second-order valence-electron chi connectivity index (χ2n) is 18.9. The number of para-hydroxylation sites is 1. The number of thiophene rings is 1. The van der Waals surface area contributed by atoms with E-state index in [1.165, 1.54) is 109 Å². The molecule has 0 N–H and O–H groups in total. The predicted octanol–water partition coefficient (Wildman–Crippen LogP) is 13.9. The van der Waals surface area contributed by atoms with Crippen molar-refractivity contribution >= 4 is 104 Å². The van der Waals surface area contributed by atoms with Gasteiger partial charge in [-0.1, -0.05) is 120 Å². The van der Waals surface area contributed by atoms with E-state index in [0.717, 1.165) is 21.9 Å². The number of hydrogen-bond acceptors (Lipinski definition) is 3. The lowest BCUT2D eigenvalue weighted by Crippen LogP contribution is -2.60. The fourth-order valence-corrected chi connectivity index (χ4v) is 12.6. The van der Waals surface area contributed by atoms with Gasteiger partial charge in [0.15, 0.2) is 0 Å². The standard InChI is InChI=1S/C55H39BN2OS/c1-54(2,3)30-18-20-31(21-19-30)58-46-25-37-32-12-6-9-15-42(32)55(4,5)43(37)24-38(46)35-22-23-36-39-28-49-40(33-13-7-10-16-48(33)59-49)26-45(39)57-47-27-41-34-14-8-11-17-50(34)60-51(41)29-44(47)56(58)52(35)53(36)57/h6-29H,1-5H3. The Bertz CT molecular complexity index is 3740. The highest BCUT2D eigenvalue weighted by Gasteiger charge is 2.46. The Balaban J connectivity index is 1.16. The first kappa shape index (κ1) is 33.3. The molecule has 0 radical (unpaired) electrons. The first-order valence-corrected chi connectivity index (χ1v) is 22.0. The summed E-state index contributed by atoms with van der Waals surface area (Å²) in [6.45, 7) is 11.6. The number of fused-ring (bicyclic) bond motifs is 17. The molecule has 3 aliphatic rings. The van der Waals surface area contributed by atoms with Crippen LogP contribution in [0.5, 0.6) is 0 Å². The number of aromatic nitrogens is 1. The fraction of sp³-hybridized carbons (Fsp3) is 0.127. The van der Waals surface area contributed by atoms with Gasteiger partial charge in [0, 0.05) is 69.8 Å². The van der Waals surface area contributed by atoms with Gasteiger partial charge in [0.05, 0.1) is 11.0 Å². The zero-order chi connectivity index (χ0) is 40.0. The van der Waals surface area contributed by atoms with Crippen molar-refractivity contribution in [2.75, 3.05) is 4.81 Å². The molecule has 284 valence electrons. The zero-order valence-electron chi connectivity index (χ0n) is 34.1. The molecule has 3 nitrogen and oxygen atoms in total. The van der Waals surface area contributed by atoms with Gasteiger partial charge in [0.25, 0.3) is 0 Å². The Morgan fingerprint density at radius 1 is 0.550 bits per heavy atom. The average Bonchev–Trinajstić information content (AvgIpc) is 3.97. The number of hydrogen-bond donors (Lipinski definition) is 0. The average molecular weight is 787 g/mol. The molecule has 14 rings (SSSR count). The van der Waals surface area contributed by atoms with E-state index in [-0.39, 0.29) is 17.7 Å². The summed E-state index contributed by atoms with van der Waals surface area (Å²) >= 11 is 1.91. The number of furan rings is 1. The maximum Gasteiger partial charge on any atom is 0.333 e. The van der Waals surface area contributed by atoms with E-state index in [9.17, 15) is 0 Å². The molecule has 0 amide bonds. The van der Waals surface area contributed by atoms with E-state index in [4.69, 9.17) is 4.42 Å². The van der Waals surface area contributed by atoms with Crippen molar-refractivity contribution in [1.29, 1.82) is 0 Å². The van der Waals surface area contributed by atoms with Gasteiger partial charge in [-0.15, -0.1) is 11.3 Å². The maximum absolute atomic E-state index is 6.57. The highest BCUT2D eigenvalue weighted by atomic mass is 32.1. The van der Waals surface area contributed by atoms with Gasteiger partial charge >= 0.3 is 6.85 Å². The molecule has 2 aliphatic heterocycles. The quantitative estimate of drug-likeness (QED) is 0.155. The first-order chi connectivity index (χ1) is 29.1. The fourth-order valence-electron chi connectivity index (χ4n) is 11.4. The smallest absolute Gasteiger partial charge is 0.333 e. The molecule has 0 saturated heterocycles. The van der Waals surface area contributed by atoms with Crippen LogP contribution in [0.15, 0.2) is 150 Å². The van der Waals surface area contributed by atoms with Crippen molar-refractivity contribution in [3.8, 4) is 27.9 Å². The Hall–Kier alpha value is -6.56. The third kappa shape index (κ3) is 4.07. The highest BCUT2D eigenvalue weighted by Crippen LogP contribution is 2.55. The van der Waals surface area contributed by atoms with Crippen LogP contribution in [0.2, 0.25) is 0 Å². The number of rotatable bonds is 1. The van der Waals surface area contributed by atoms with E-state index in [2.05, 4.69) is 190 Å². The van der Waals surface area contributed by atoms with Crippen LogP contribution in [-0.2, 0) is 10.8 Å². The van der Waals surface area contributed by atoms with Crippen LogP contribution in [0.25, 0.3) is 91.9 Å². The molecule has 0 bridgehead atoms. The molecular formula is C55H39BN2OS. The molecule has 11 aromatic rings. The molecule has 0 spiro atoms. The largest absolute Gasteiger partial charge is 0.456 e. The van der Waals surface area contributed by atoms with Crippen LogP contribution in [0.4, 0.5) is 11.4 Å². The van der Waals surface area contributed by atoms with Crippen LogP contribution in [0.3, 0.4) is 0 Å². The van der Waals surface area contributed by atoms with Gasteiger partial charge in [-0.05, 0) is 110 Å². The molecule has 60 heavy (non-hydrogen) atoms. The predicted molar refractivity (Wildman–Crippen MR) is 256 cm³/mol. The van der Waals surface area contributed by atoms with Crippen LogP contribution >= 0.6 is 11.3 Å². The van der Waals surface area contributed by atoms with E-state index in [1.54, 1.807) is 0 Å². The molecule has 0 atom stereocenters. The topological polar surface area (TPSA) is 21.3 Å². The second kappa shape index (κ2) is 11.0. The number of benzene rings is 8. The summed E-state index contributed by atoms with van der Waals surface area (Å²) in [7, 11) is 0. The molecule has 8 aromatic carbocycles. The first-order valence-electron chi connectivity index (χ1n) is 21.2. The van der Waals surface area contributed by atoms with Crippen molar-refractivity contribution in [3.63, 3.8) is 0 Å². The molecule has 0 saturated carbocycles. The Morgan fingerprint density at radius 3 is 2.18 bits per heavy atom. The number of anilines is 2. The van der Waals surface area contributed by atoms with E-state index in [0.29, 0.717) is 0 Å². The second-order valence-corrected chi connectivity index (χ2v) is 20.0. The van der Waals surface area contributed by atoms with Crippen LogP contribution in [0, 0.1) is 0 Å². The molecule has 3 aromatic heterocycles. The van der Waals surface area contributed by atoms with Crippen molar-refractivity contribution < 1.29 is 4.42 Å². The summed E-state index contributed by atoms with van der Waals surface area (Å²) in [5, 5.41) is 7.42. The summed E-state index contributed by atoms with van der Waals surface area (Å²) in [5.74, 6) is 0. The maximum atomic E-state index is 6.57. The molecule has 0 fully saturated rings. The minimum absolute atomic E-state index is 0.0445. The molecule has 1 aliphatic carbocycles. The minimum atomic E-state index is -0.122. The normalized spacial score (nSPS) is 14.8. The Labute approximate surface area is 352 Å². The Morgan fingerprint density at radius 2 is 1.33 bits per heavy atom. The summed E-state index contributed by atoms with van der Waals surface area (Å²) in [4.78, 5) is 2.69. The van der Waals surface area contributed by atoms with Crippen LogP contribution in [0.1, 0.15) is 51.3 Å². The van der Waals surface area contributed by atoms with Crippen LogP contribution in [-0.4, -0.2) is 11.4 Å². The molecule has 0 unspecified atom stereocenters. The van der Waals surface area contributed by atoms with Crippen molar-refractivity contribution in [2.45, 2.75) is 45.4 Å². The third-order valence-electron chi connectivity index (χ3n) is 14.3. The SMILES string of the molecule is CC(C)(C)c1ccc(N2B3c4cc5sc6ccccc6c5cc4-n4c5cc6c(cc5c5ccc(c3c54)-c3cc4c(cc32)-c2ccccc2C4(C)C)oc2ccccc26)cc1. The van der Waals surface area contributed by atoms with Crippen molar-refractivity contribution in [3.05, 3.63) is 162 Å². The van der Waals surface area contributed by atoms with Gasteiger partial charge in [0.2, 0.25) is 0 Å². The Kier molecular flexibility index (Phi) is 6.09.